The number of aliphatic hydroxyl groups is 1. The minimum atomic E-state index is -0.671. The molecule has 1 aromatic carbocycles. The summed E-state index contributed by atoms with van der Waals surface area (Å²) < 4.78 is 1.25. The third-order valence-corrected chi connectivity index (χ3v) is 4.93. The van der Waals surface area contributed by atoms with Gasteiger partial charge in [0.25, 0.3) is 0 Å². The van der Waals surface area contributed by atoms with E-state index in [1.807, 2.05) is 6.92 Å². The Morgan fingerprint density at radius 2 is 2.18 bits per heavy atom. The zero-order chi connectivity index (χ0) is 11.9. The minimum absolute atomic E-state index is 0.671. The van der Waals surface area contributed by atoms with Crippen molar-refractivity contribution < 1.29 is 5.11 Å². The number of hydrogen-bond donors (Lipinski definition) is 1. The van der Waals surface area contributed by atoms with Crippen LogP contribution in [-0.4, -0.2) is 5.11 Å². The van der Waals surface area contributed by atoms with E-state index < -0.39 is 5.60 Å². The van der Waals surface area contributed by atoms with E-state index >= 15 is 0 Å². The molecule has 0 aliphatic heterocycles. The van der Waals surface area contributed by atoms with Gasteiger partial charge in [0.2, 0.25) is 0 Å². The summed E-state index contributed by atoms with van der Waals surface area (Å²) in [4.78, 5) is 0. The van der Waals surface area contributed by atoms with Crippen molar-refractivity contribution in [3.63, 3.8) is 0 Å². The molecular formula is C15H18OS. The molecule has 1 atom stereocenters. The van der Waals surface area contributed by atoms with Crippen molar-refractivity contribution in [1.82, 2.24) is 0 Å². The van der Waals surface area contributed by atoms with Crippen LogP contribution < -0.4 is 0 Å². The summed E-state index contributed by atoms with van der Waals surface area (Å²) in [6, 6.07) is 8.38. The predicted octanol–water partition coefficient (Wildman–Crippen LogP) is 4.30. The van der Waals surface area contributed by atoms with Crippen LogP contribution in [0.1, 0.15) is 38.2 Å². The molecular weight excluding hydrogens is 228 g/mol. The first-order chi connectivity index (χ1) is 8.17. The van der Waals surface area contributed by atoms with Gasteiger partial charge in [0.05, 0.1) is 5.60 Å². The van der Waals surface area contributed by atoms with Gasteiger partial charge in [-0.15, -0.1) is 11.3 Å². The molecule has 1 aliphatic carbocycles. The van der Waals surface area contributed by atoms with Crippen LogP contribution in [0, 0.1) is 5.92 Å². The molecule has 1 fully saturated rings. The van der Waals surface area contributed by atoms with E-state index in [-0.39, 0.29) is 0 Å². The molecule has 0 bridgehead atoms. The molecule has 1 heterocycles. The van der Waals surface area contributed by atoms with Crippen LogP contribution in [0.25, 0.3) is 10.1 Å². The fourth-order valence-corrected chi connectivity index (χ4v) is 3.82. The van der Waals surface area contributed by atoms with Crippen LogP contribution >= 0.6 is 11.3 Å². The second-order valence-electron chi connectivity index (χ2n) is 5.42. The maximum atomic E-state index is 10.7. The van der Waals surface area contributed by atoms with E-state index in [2.05, 4.69) is 29.6 Å². The van der Waals surface area contributed by atoms with Crippen LogP contribution in [0.3, 0.4) is 0 Å². The summed E-state index contributed by atoms with van der Waals surface area (Å²) in [5, 5.41) is 14.1. The zero-order valence-electron chi connectivity index (χ0n) is 10.1. The quantitative estimate of drug-likeness (QED) is 0.856. The Labute approximate surface area is 106 Å². The van der Waals surface area contributed by atoms with Crippen molar-refractivity contribution in [3.05, 3.63) is 35.2 Å². The Hall–Kier alpha value is -0.860. The summed E-state index contributed by atoms with van der Waals surface area (Å²) in [6.07, 6.45) is 4.82. The van der Waals surface area contributed by atoms with E-state index in [1.165, 1.54) is 29.3 Å². The molecule has 1 saturated carbocycles. The fraction of sp³-hybridized carbons (Fsp3) is 0.467. The molecule has 1 unspecified atom stereocenters. The van der Waals surface area contributed by atoms with Gasteiger partial charge in [-0.2, -0.15) is 0 Å². The Kier molecular flexibility index (Phi) is 2.72. The van der Waals surface area contributed by atoms with Gasteiger partial charge >= 0.3 is 0 Å². The van der Waals surface area contributed by atoms with Crippen LogP contribution in [0.2, 0.25) is 0 Å². The molecule has 1 aromatic heterocycles. The average molecular weight is 246 g/mol. The number of thiophene rings is 1. The lowest BCUT2D eigenvalue weighted by Gasteiger charge is -2.34. The van der Waals surface area contributed by atoms with Gasteiger partial charge in [-0.1, -0.05) is 37.5 Å². The van der Waals surface area contributed by atoms with E-state index in [4.69, 9.17) is 0 Å². The molecule has 0 radical (unpaired) electrons. The summed E-state index contributed by atoms with van der Waals surface area (Å²) >= 11 is 1.73. The SMILES string of the molecule is CC(O)(CC1CCC1)c1cccc2ccsc12. The molecule has 0 spiro atoms. The van der Waals surface area contributed by atoms with Crippen molar-refractivity contribution in [2.75, 3.05) is 0 Å². The molecule has 3 rings (SSSR count). The lowest BCUT2D eigenvalue weighted by Crippen LogP contribution is -2.28. The second-order valence-corrected chi connectivity index (χ2v) is 6.34. The largest absolute Gasteiger partial charge is 0.385 e. The van der Waals surface area contributed by atoms with Gasteiger partial charge in [0, 0.05) is 10.3 Å². The van der Waals surface area contributed by atoms with Gasteiger partial charge in [-0.05, 0) is 36.1 Å². The maximum absolute atomic E-state index is 10.7. The molecule has 0 amide bonds. The predicted molar refractivity (Wildman–Crippen MR) is 73.4 cm³/mol. The lowest BCUT2D eigenvalue weighted by molar-refractivity contribution is 0.0176. The monoisotopic (exact) mass is 246 g/mol. The Balaban J connectivity index is 1.97. The van der Waals surface area contributed by atoms with Crippen molar-refractivity contribution in [2.24, 2.45) is 5.92 Å². The summed E-state index contributed by atoms with van der Waals surface area (Å²) in [5.41, 5.74) is 0.437. The summed E-state index contributed by atoms with van der Waals surface area (Å²) in [7, 11) is 0. The Morgan fingerprint density at radius 3 is 2.88 bits per heavy atom. The Bertz CT molecular complexity index is 522. The van der Waals surface area contributed by atoms with Crippen molar-refractivity contribution in [3.8, 4) is 0 Å². The summed E-state index contributed by atoms with van der Waals surface area (Å²) in [5.74, 6) is 0.722. The molecule has 90 valence electrons. The van der Waals surface area contributed by atoms with Gasteiger partial charge in [-0.3, -0.25) is 0 Å². The van der Waals surface area contributed by atoms with E-state index in [0.717, 1.165) is 17.9 Å². The third kappa shape index (κ3) is 2.00. The van der Waals surface area contributed by atoms with Crippen LogP contribution in [0.4, 0.5) is 0 Å². The smallest absolute Gasteiger partial charge is 0.0885 e. The topological polar surface area (TPSA) is 20.2 Å². The van der Waals surface area contributed by atoms with E-state index in [9.17, 15) is 5.11 Å². The molecule has 17 heavy (non-hydrogen) atoms. The maximum Gasteiger partial charge on any atom is 0.0885 e. The van der Waals surface area contributed by atoms with Gasteiger partial charge in [0.15, 0.2) is 0 Å². The number of rotatable bonds is 3. The first-order valence-corrected chi connectivity index (χ1v) is 7.24. The average Bonchev–Trinajstić information content (AvgIpc) is 2.71. The standard InChI is InChI=1S/C15H18OS/c1-15(16,10-11-4-2-5-11)13-7-3-6-12-8-9-17-14(12)13/h3,6-9,11,16H,2,4-5,10H2,1H3. The highest BCUT2D eigenvalue weighted by Crippen LogP contribution is 2.40. The van der Waals surface area contributed by atoms with E-state index in [1.54, 1.807) is 11.3 Å². The normalized spacial score (nSPS) is 20.1. The van der Waals surface area contributed by atoms with Gasteiger partial charge in [-0.25, -0.2) is 0 Å². The first-order valence-electron chi connectivity index (χ1n) is 6.36. The zero-order valence-corrected chi connectivity index (χ0v) is 11.0. The number of benzene rings is 1. The highest BCUT2D eigenvalue weighted by Gasteiger charge is 2.31. The lowest BCUT2D eigenvalue weighted by atomic mass is 9.75. The second kappa shape index (κ2) is 4.11. The summed E-state index contributed by atoms with van der Waals surface area (Å²) in [6.45, 7) is 1.97. The number of hydrogen-bond acceptors (Lipinski definition) is 2. The van der Waals surface area contributed by atoms with Crippen molar-refractivity contribution >= 4 is 21.4 Å². The Morgan fingerprint density at radius 1 is 1.35 bits per heavy atom. The van der Waals surface area contributed by atoms with Crippen LogP contribution in [0.15, 0.2) is 29.6 Å². The fourth-order valence-electron chi connectivity index (χ4n) is 2.79. The minimum Gasteiger partial charge on any atom is -0.385 e. The van der Waals surface area contributed by atoms with Crippen molar-refractivity contribution in [2.45, 2.75) is 38.2 Å². The molecule has 1 N–H and O–H groups in total. The van der Waals surface area contributed by atoms with E-state index in [0.29, 0.717) is 0 Å². The third-order valence-electron chi connectivity index (χ3n) is 3.97. The molecule has 2 aromatic rings. The highest BCUT2D eigenvalue weighted by atomic mass is 32.1. The molecule has 1 aliphatic rings. The molecule has 1 nitrogen and oxygen atoms in total. The molecule has 2 heteroatoms. The van der Waals surface area contributed by atoms with Crippen LogP contribution in [-0.2, 0) is 5.60 Å². The number of fused-ring (bicyclic) bond motifs is 1. The first kappa shape index (κ1) is 11.2. The molecule has 0 saturated heterocycles. The van der Waals surface area contributed by atoms with Crippen molar-refractivity contribution in [1.29, 1.82) is 0 Å². The van der Waals surface area contributed by atoms with Gasteiger partial charge in [0.1, 0.15) is 0 Å². The van der Waals surface area contributed by atoms with Crippen LogP contribution in [0.5, 0.6) is 0 Å². The van der Waals surface area contributed by atoms with Gasteiger partial charge < -0.3 is 5.11 Å². The highest BCUT2D eigenvalue weighted by molar-refractivity contribution is 7.17.